The molecule has 48 valence electrons. The molecular weight excluding hydrogens is 132 g/mol. The highest BCUT2D eigenvalue weighted by Gasteiger charge is 1.96. The Labute approximate surface area is 55.4 Å². The van der Waals surface area contributed by atoms with Crippen molar-refractivity contribution in [2.75, 3.05) is 0 Å². The second-order valence-corrected chi connectivity index (χ2v) is 5.79. The van der Waals surface area contributed by atoms with E-state index in [1.54, 1.807) is 0 Å². The van der Waals surface area contributed by atoms with E-state index in [1.165, 1.54) is 0 Å². The molecule has 0 saturated carbocycles. The highest BCUT2D eigenvalue weighted by atomic mass is 28.3. The molecule has 0 amide bonds. The van der Waals surface area contributed by atoms with E-state index in [0.29, 0.717) is 0 Å². The van der Waals surface area contributed by atoms with E-state index >= 15 is 0 Å². The summed E-state index contributed by atoms with van der Waals surface area (Å²) in [5.41, 5.74) is 0. The number of hydrogen-bond acceptors (Lipinski definition) is 1. The summed E-state index contributed by atoms with van der Waals surface area (Å²) in [4.78, 5) is 0. The minimum atomic E-state index is -0.758. The van der Waals surface area contributed by atoms with Gasteiger partial charge in [-0.25, -0.2) is 0 Å². The van der Waals surface area contributed by atoms with Crippen LogP contribution in [0, 0.1) is 0 Å². The van der Waals surface area contributed by atoms with Crippen molar-refractivity contribution in [3.05, 3.63) is 12.7 Å². The minimum Gasteiger partial charge on any atom is -0.463 e. The Morgan fingerprint density at radius 1 is 1.88 bits per heavy atom. The molecule has 3 heteroatoms. The predicted molar refractivity (Wildman–Crippen MR) is 43.5 cm³/mol. The molecule has 0 saturated heterocycles. The molecule has 1 nitrogen and oxygen atoms in total. The zero-order chi connectivity index (χ0) is 6.41. The third kappa shape index (κ3) is 4.30. The van der Waals surface area contributed by atoms with E-state index in [9.17, 15) is 0 Å². The largest absolute Gasteiger partial charge is 0.463 e. The molecule has 0 radical (unpaired) electrons. The van der Waals surface area contributed by atoms with E-state index in [1.807, 2.05) is 6.08 Å². The molecule has 0 aliphatic carbocycles. The summed E-state index contributed by atoms with van der Waals surface area (Å²) in [6.45, 7) is 8.05. The maximum absolute atomic E-state index is 5.49. The fourth-order valence-electron chi connectivity index (χ4n) is 0.587. The van der Waals surface area contributed by atoms with Crippen molar-refractivity contribution in [1.82, 2.24) is 0 Å². The van der Waals surface area contributed by atoms with Gasteiger partial charge in [-0.15, -0.1) is 6.58 Å². The van der Waals surface area contributed by atoms with Gasteiger partial charge in [-0.05, 0) is 12.6 Å². The van der Waals surface area contributed by atoms with Crippen molar-refractivity contribution in [3.63, 3.8) is 0 Å². The molecule has 0 bridgehead atoms. The van der Waals surface area contributed by atoms with E-state index in [2.05, 4.69) is 19.7 Å². The van der Waals surface area contributed by atoms with Crippen LogP contribution in [-0.4, -0.2) is 18.8 Å². The van der Waals surface area contributed by atoms with E-state index in [4.69, 9.17) is 4.12 Å². The molecule has 0 aromatic carbocycles. The van der Waals surface area contributed by atoms with Crippen LogP contribution in [0.4, 0.5) is 0 Å². The van der Waals surface area contributed by atoms with E-state index < -0.39 is 9.04 Å². The fourth-order valence-corrected chi connectivity index (χ4v) is 3.88. The lowest BCUT2D eigenvalue weighted by Gasteiger charge is -2.04. The summed E-state index contributed by atoms with van der Waals surface area (Å²) in [6.07, 6.45) is 1.96. The van der Waals surface area contributed by atoms with Crippen molar-refractivity contribution >= 4 is 18.8 Å². The third-order valence-electron chi connectivity index (χ3n) is 0.950. The van der Waals surface area contributed by atoms with Crippen LogP contribution in [0.5, 0.6) is 0 Å². The first-order valence-electron chi connectivity index (χ1n) is 3.03. The number of hydrogen-bond donors (Lipinski definition) is 0. The maximum Gasteiger partial charge on any atom is 0.163 e. The van der Waals surface area contributed by atoms with Gasteiger partial charge in [-0.3, -0.25) is 0 Å². The van der Waals surface area contributed by atoms with Crippen LogP contribution in [0.3, 0.4) is 0 Å². The lowest BCUT2D eigenvalue weighted by atomic mass is 10.8. The van der Waals surface area contributed by atoms with Gasteiger partial charge < -0.3 is 4.12 Å². The van der Waals surface area contributed by atoms with Gasteiger partial charge in [0.05, 0.1) is 0 Å². The van der Waals surface area contributed by atoms with Gasteiger partial charge >= 0.3 is 0 Å². The standard InChI is InChI=1S/C5H14OSi2/c1-4-5-8(3)6-7-2/h4,8H,1,5,7H2,2-3H3. The number of rotatable bonds is 4. The number of allylic oxidation sites excluding steroid dienone is 1. The van der Waals surface area contributed by atoms with Crippen LogP contribution in [-0.2, 0) is 4.12 Å². The summed E-state index contributed by atoms with van der Waals surface area (Å²) < 4.78 is 5.49. The average Bonchev–Trinajstić information content (AvgIpc) is 1.68. The first-order valence-corrected chi connectivity index (χ1v) is 7.47. The van der Waals surface area contributed by atoms with Gasteiger partial charge in [0.15, 0.2) is 9.04 Å². The molecule has 0 N–H and O–H groups in total. The van der Waals surface area contributed by atoms with Gasteiger partial charge in [0.25, 0.3) is 0 Å². The molecule has 0 rings (SSSR count). The molecule has 0 heterocycles. The SMILES string of the molecule is C=CC[SiH](C)O[SiH2]C. The molecule has 0 aliphatic heterocycles. The highest BCUT2D eigenvalue weighted by Crippen LogP contribution is 1.91. The van der Waals surface area contributed by atoms with Gasteiger partial charge in [0, 0.05) is 0 Å². The molecule has 0 aromatic heterocycles. The molecule has 0 aromatic rings. The van der Waals surface area contributed by atoms with Crippen LogP contribution in [0.25, 0.3) is 0 Å². The Morgan fingerprint density at radius 2 is 2.50 bits per heavy atom. The zero-order valence-electron chi connectivity index (χ0n) is 5.68. The van der Waals surface area contributed by atoms with Crippen LogP contribution in [0.2, 0.25) is 19.1 Å². The summed E-state index contributed by atoms with van der Waals surface area (Å²) >= 11 is 0. The van der Waals surface area contributed by atoms with Gasteiger partial charge in [-0.1, -0.05) is 12.6 Å². The van der Waals surface area contributed by atoms with E-state index in [0.717, 1.165) is 6.04 Å². The van der Waals surface area contributed by atoms with Gasteiger partial charge in [0.2, 0.25) is 0 Å². The average molecular weight is 146 g/mol. The molecule has 1 atom stereocenters. The second-order valence-electron chi connectivity index (χ2n) is 1.79. The van der Waals surface area contributed by atoms with Gasteiger partial charge in [-0.2, -0.15) is 0 Å². The first-order chi connectivity index (χ1) is 3.81. The Morgan fingerprint density at radius 3 is 2.88 bits per heavy atom. The molecular formula is C5H14OSi2. The minimum absolute atomic E-state index is 0.140. The van der Waals surface area contributed by atoms with Crippen molar-refractivity contribution in [2.24, 2.45) is 0 Å². The van der Waals surface area contributed by atoms with Crippen molar-refractivity contribution in [1.29, 1.82) is 0 Å². The summed E-state index contributed by atoms with van der Waals surface area (Å²) in [5.74, 6) is 0. The van der Waals surface area contributed by atoms with Crippen molar-refractivity contribution in [2.45, 2.75) is 19.1 Å². The van der Waals surface area contributed by atoms with Crippen LogP contribution in [0.1, 0.15) is 0 Å². The zero-order valence-corrected chi connectivity index (χ0v) is 8.25. The van der Waals surface area contributed by atoms with Gasteiger partial charge in [0.1, 0.15) is 9.76 Å². The maximum atomic E-state index is 5.49. The molecule has 1 unspecified atom stereocenters. The molecule has 0 spiro atoms. The normalized spacial score (nSPS) is 14.8. The summed E-state index contributed by atoms with van der Waals surface area (Å²) in [5, 5.41) is 0. The molecule has 8 heavy (non-hydrogen) atoms. The second kappa shape index (κ2) is 5.27. The highest BCUT2D eigenvalue weighted by molar-refractivity contribution is 6.57. The lowest BCUT2D eigenvalue weighted by molar-refractivity contribution is 0.624. The Bertz CT molecular complexity index is 65.4. The monoisotopic (exact) mass is 146 g/mol. The quantitative estimate of drug-likeness (QED) is 0.418. The Kier molecular flexibility index (Phi) is 5.36. The Hall–Kier alpha value is 0.134. The van der Waals surface area contributed by atoms with Crippen LogP contribution < -0.4 is 0 Å². The molecule has 0 aliphatic rings. The summed E-state index contributed by atoms with van der Waals surface area (Å²) in [7, 11) is -0.898. The lowest BCUT2D eigenvalue weighted by Crippen LogP contribution is -2.12. The molecule has 0 fully saturated rings. The summed E-state index contributed by atoms with van der Waals surface area (Å²) in [6, 6.07) is 1.13. The Balaban J connectivity index is 3.03. The van der Waals surface area contributed by atoms with Crippen LogP contribution >= 0.6 is 0 Å². The third-order valence-corrected chi connectivity index (χ3v) is 5.56. The first kappa shape index (κ1) is 8.13. The smallest absolute Gasteiger partial charge is 0.163 e. The topological polar surface area (TPSA) is 9.23 Å². The predicted octanol–water partition coefficient (Wildman–Crippen LogP) is 0.674. The van der Waals surface area contributed by atoms with Crippen molar-refractivity contribution < 1.29 is 4.12 Å². The van der Waals surface area contributed by atoms with Crippen LogP contribution in [0.15, 0.2) is 12.7 Å². The fraction of sp³-hybridized carbons (Fsp3) is 0.600. The van der Waals surface area contributed by atoms with E-state index in [-0.39, 0.29) is 9.76 Å². The van der Waals surface area contributed by atoms with Crippen molar-refractivity contribution in [3.8, 4) is 0 Å².